The summed E-state index contributed by atoms with van der Waals surface area (Å²) in [4.78, 5) is 64.2. The van der Waals surface area contributed by atoms with Gasteiger partial charge in [-0.05, 0) is 43.2 Å². The number of hydrogen-bond acceptors (Lipinski definition) is 8. The second-order valence-corrected chi connectivity index (χ2v) is 13.3. The number of nitrogens with zero attached hydrogens (tertiary/aromatic N) is 4. The smallest absolute Gasteiger partial charge is 0.340 e. The highest BCUT2D eigenvalue weighted by Crippen LogP contribution is 2.32. The van der Waals surface area contributed by atoms with Crippen molar-refractivity contribution in [3.05, 3.63) is 167 Å². The molecule has 0 saturated carbocycles. The summed E-state index contributed by atoms with van der Waals surface area (Å²) in [5, 5.41) is 0.208. The quantitative estimate of drug-likeness (QED) is 0.0778. The molecule has 2 amide bonds. The van der Waals surface area contributed by atoms with E-state index in [9.17, 15) is 19.2 Å². The van der Waals surface area contributed by atoms with Gasteiger partial charge in [0.2, 0.25) is 5.91 Å². The van der Waals surface area contributed by atoms with Gasteiger partial charge in [-0.3, -0.25) is 23.6 Å². The van der Waals surface area contributed by atoms with E-state index in [1.54, 1.807) is 79.4 Å². The van der Waals surface area contributed by atoms with Crippen LogP contribution in [0.25, 0.3) is 0 Å². The molecule has 0 aliphatic carbocycles. The molecular weight excluding hydrogens is 673 g/mol. The fraction of sp³-hybridized carbons (Fsp3) is 0.214. The Bertz CT molecular complexity index is 1960. The van der Waals surface area contributed by atoms with Crippen LogP contribution in [0.1, 0.15) is 67.7 Å². The van der Waals surface area contributed by atoms with Gasteiger partial charge in [0.05, 0.1) is 23.8 Å². The average molecular weight is 713 g/mol. The molecule has 2 heterocycles. The first kappa shape index (κ1) is 36.2. The van der Waals surface area contributed by atoms with E-state index >= 15 is 0 Å². The lowest BCUT2D eigenvalue weighted by Crippen LogP contribution is -2.54. The molecule has 1 aliphatic rings. The first-order chi connectivity index (χ1) is 25.4. The zero-order chi connectivity index (χ0) is 36.5. The fourth-order valence-electron chi connectivity index (χ4n) is 6.40. The molecule has 1 aromatic heterocycles. The minimum absolute atomic E-state index is 0.0230. The lowest BCUT2D eigenvalue weighted by atomic mass is 9.96. The van der Waals surface area contributed by atoms with E-state index in [0.29, 0.717) is 31.7 Å². The van der Waals surface area contributed by atoms with Crippen molar-refractivity contribution in [3.63, 3.8) is 0 Å². The van der Waals surface area contributed by atoms with Gasteiger partial charge in [-0.1, -0.05) is 109 Å². The highest BCUT2D eigenvalue weighted by molar-refractivity contribution is 7.97. The molecule has 6 rings (SSSR count). The number of piperazine rings is 1. The molecule has 9 nitrogen and oxygen atoms in total. The van der Waals surface area contributed by atoms with E-state index in [2.05, 4.69) is 34.1 Å². The number of esters is 1. The third-order valence-corrected chi connectivity index (χ3v) is 10.2. The second kappa shape index (κ2) is 17.1. The zero-order valence-electron chi connectivity index (χ0n) is 29.1. The van der Waals surface area contributed by atoms with Crippen molar-refractivity contribution in [2.75, 3.05) is 32.8 Å². The van der Waals surface area contributed by atoms with E-state index in [-0.39, 0.29) is 46.1 Å². The van der Waals surface area contributed by atoms with Crippen LogP contribution in [0.5, 0.6) is 0 Å². The highest BCUT2D eigenvalue weighted by Gasteiger charge is 2.36. The number of amides is 2. The van der Waals surface area contributed by atoms with Gasteiger partial charge in [-0.25, -0.2) is 9.78 Å². The Morgan fingerprint density at radius 2 is 1.25 bits per heavy atom. The zero-order valence-corrected chi connectivity index (χ0v) is 29.9. The van der Waals surface area contributed by atoms with E-state index in [1.165, 1.54) is 21.6 Å². The summed E-state index contributed by atoms with van der Waals surface area (Å²) in [5.74, 6) is -1.72. The normalized spacial score (nSPS) is 13.7. The minimum atomic E-state index is -0.986. The van der Waals surface area contributed by atoms with Crippen LogP contribution < -0.4 is 0 Å². The molecular formula is C42H40N4O5S. The highest BCUT2D eigenvalue weighted by atomic mass is 32.2. The third-order valence-electron chi connectivity index (χ3n) is 9.02. The predicted molar refractivity (Wildman–Crippen MR) is 201 cm³/mol. The molecule has 0 radical (unpaired) electrons. The Hall–Kier alpha value is -5.58. The van der Waals surface area contributed by atoms with Gasteiger partial charge in [0.25, 0.3) is 5.91 Å². The summed E-state index contributed by atoms with van der Waals surface area (Å²) >= 11 is 0.892. The van der Waals surface area contributed by atoms with E-state index in [0.717, 1.165) is 11.9 Å². The van der Waals surface area contributed by atoms with E-state index in [4.69, 9.17) is 4.74 Å². The number of carbonyl (C=O) groups is 4. The maximum absolute atomic E-state index is 14.6. The van der Waals surface area contributed by atoms with E-state index < -0.39 is 17.9 Å². The predicted octanol–water partition coefficient (Wildman–Crippen LogP) is 6.96. The Labute approximate surface area is 308 Å². The number of rotatable bonds is 12. The SMILES string of the molecule is CCOC(=O)c1cccnc1SN(C(=O)c1ccccc1C(=O)c1ccccc1)[C@H](C)C(=O)N1CCN(C(c2ccccc2)c2ccccc2)CC1. The van der Waals surface area contributed by atoms with E-state index in [1.807, 2.05) is 42.5 Å². The van der Waals surface area contributed by atoms with Gasteiger partial charge in [0.1, 0.15) is 11.1 Å². The van der Waals surface area contributed by atoms with Crippen molar-refractivity contribution in [2.24, 2.45) is 0 Å². The largest absolute Gasteiger partial charge is 0.462 e. The summed E-state index contributed by atoms with van der Waals surface area (Å²) in [6.45, 7) is 5.68. The van der Waals surface area contributed by atoms with Crippen LogP contribution in [0.2, 0.25) is 0 Å². The van der Waals surface area contributed by atoms with Gasteiger partial charge in [-0.2, -0.15) is 0 Å². The molecule has 4 aromatic carbocycles. The molecule has 1 fully saturated rings. The van der Waals surface area contributed by atoms with Crippen molar-refractivity contribution in [1.82, 2.24) is 19.1 Å². The van der Waals surface area contributed by atoms with Crippen LogP contribution in [-0.2, 0) is 9.53 Å². The summed E-state index contributed by atoms with van der Waals surface area (Å²) in [5.41, 5.74) is 3.29. The molecule has 0 N–H and O–H groups in total. The Morgan fingerprint density at radius 3 is 1.85 bits per heavy atom. The third kappa shape index (κ3) is 8.14. The summed E-state index contributed by atoms with van der Waals surface area (Å²) in [7, 11) is 0. The number of ketones is 1. The molecule has 264 valence electrons. The minimum Gasteiger partial charge on any atom is -0.462 e. The van der Waals surface area contributed by atoms with Gasteiger partial charge in [0.15, 0.2) is 5.78 Å². The number of benzene rings is 4. The average Bonchev–Trinajstić information content (AvgIpc) is 3.20. The Morgan fingerprint density at radius 1 is 0.712 bits per heavy atom. The van der Waals surface area contributed by atoms with Crippen molar-refractivity contribution >= 4 is 35.5 Å². The topological polar surface area (TPSA) is 100 Å². The summed E-state index contributed by atoms with van der Waals surface area (Å²) < 4.78 is 6.60. The van der Waals surface area contributed by atoms with Gasteiger partial charge >= 0.3 is 5.97 Å². The molecule has 1 aliphatic heterocycles. The van der Waals surface area contributed by atoms with Crippen molar-refractivity contribution in [1.29, 1.82) is 0 Å². The lowest BCUT2D eigenvalue weighted by molar-refractivity contribution is -0.136. The van der Waals surface area contributed by atoms with Gasteiger partial charge < -0.3 is 9.64 Å². The Balaban J connectivity index is 1.29. The second-order valence-electron chi connectivity index (χ2n) is 12.3. The molecule has 10 heteroatoms. The molecule has 0 bridgehead atoms. The lowest BCUT2D eigenvalue weighted by Gasteiger charge is -2.41. The monoisotopic (exact) mass is 712 g/mol. The van der Waals surface area contributed by atoms with Crippen LogP contribution >= 0.6 is 11.9 Å². The maximum atomic E-state index is 14.6. The molecule has 1 saturated heterocycles. The van der Waals surface area contributed by atoms with Crippen LogP contribution in [0, 0.1) is 0 Å². The van der Waals surface area contributed by atoms with Crippen LogP contribution in [0.15, 0.2) is 139 Å². The van der Waals surface area contributed by atoms with Crippen molar-refractivity contribution < 1.29 is 23.9 Å². The van der Waals surface area contributed by atoms with Crippen molar-refractivity contribution in [3.8, 4) is 0 Å². The molecule has 5 aromatic rings. The molecule has 1 atom stereocenters. The van der Waals surface area contributed by atoms with Crippen LogP contribution in [0.4, 0.5) is 0 Å². The molecule has 52 heavy (non-hydrogen) atoms. The number of hydrogen-bond donors (Lipinski definition) is 0. The standard InChI is InChI=1S/C42H40N4O5S/c1-3-51-42(50)36-24-15-25-43-39(36)52-46(41(49)35-23-14-13-22-34(35)38(47)33-20-11-6-12-21-33)30(2)40(48)45-28-26-44(27-29-45)37(31-16-7-4-8-17-31)32-18-9-5-10-19-32/h4-25,30,37H,3,26-29H2,1-2H3/t30-/m1/s1. The number of ether oxygens (including phenoxy) is 1. The fourth-order valence-corrected chi connectivity index (χ4v) is 7.37. The molecule has 0 unspecified atom stereocenters. The summed E-state index contributed by atoms with van der Waals surface area (Å²) in [6, 6.07) is 38.2. The van der Waals surface area contributed by atoms with Gasteiger partial charge in [-0.15, -0.1) is 0 Å². The number of pyridine rings is 1. The first-order valence-electron chi connectivity index (χ1n) is 17.3. The number of aromatic nitrogens is 1. The van der Waals surface area contributed by atoms with Crippen LogP contribution in [0.3, 0.4) is 0 Å². The maximum Gasteiger partial charge on any atom is 0.340 e. The first-order valence-corrected chi connectivity index (χ1v) is 18.1. The van der Waals surface area contributed by atoms with Gasteiger partial charge in [0, 0.05) is 55.5 Å². The number of carbonyl (C=O) groups excluding carboxylic acids is 4. The molecule has 0 spiro atoms. The Kier molecular flexibility index (Phi) is 11.9. The van der Waals surface area contributed by atoms with Crippen LogP contribution in [-0.4, -0.2) is 81.5 Å². The van der Waals surface area contributed by atoms with Crippen molar-refractivity contribution in [2.45, 2.75) is 31.0 Å². The summed E-state index contributed by atoms with van der Waals surface area (Å²) in [6.07, 6.45) is 1.52.